The number of amides is 3. The van der Waals surface area contributed by atoms with Crippen molar-refractivity contribution in [3.8, 4) is 0 Å². The second kappa shape index (κ2) is 12.7. The average molecular weight is 477 g/mol. The minimum Gasteiger partial charge on any atom is -0.481 e. The van der Waals surface area contributed by atoms with Gasteiger partial charge >= 0.3 is 5.97 Å². The van der Waals surface area contributed by atoms with Gasteiger partial charge in [0.15, 0.2) is 6.29 Å². The lowest BCUT2D eigenvalue weighted by molar-refractivity contribution is -0.261. The molecule has 0 aliphatic carbocycles. The largest absolute Gasteiger partial charge is 0.481 e. The van der Waals surface area contributed by atoms with Gasteiger partial charge in [0.05, 0.1) is 18.7 Å². The maximum Gasteiger partial charge on any atom is 0.303 e. The highest BCUT2D eigenvalue weighted by atomic mass is 16.6. The van der Waals surface area contributed by atoms with Crippen LogP contribution in [0.1, 0.15) is 33.6 Å². The van der Waals surface area contributed by atoms with Crippen molar-refractivity contribution in [2.45, 2.75) is 82.4 Å². The fourth-order valence-corrected chi connectivity index (χ4v) is 3.25. The molecule has 0 aromatic heterocycles. The lowest BCUT2D eigenvalue weighted by atomic mass is 9.97. The van der Waals surface area contributed by atoms with Crippen LogP contribution in [0.3, 0.4) is 0 Å². The predicted molar refractivity (Wildman–Crippen MR) is 108 cm³/mol. The van der Waals surface area contributed by atoms with E-state index < -0.39 is 85.5 Å². The topological polar surface area (TPSA) is 226 Å². The van der Waals surface area contributed by atoms with Crippen molar-refractivity contribution in [3.63, 3.8) is 0 Å². The number of aliphatic carboxylic acids is 1. The van der Waals surface area contributed by atoms with Crippen LogP contribution in [0, 0.1) is 0 Å². The summed E-state index contributed by atoms with van der Waals surface area (Å²) in [5.74, 6) is -3.81. The maximum atomic E-state index is 12.7. The number of hydrogen-bond acceptors (Lipinski definition) is 11. The van der Waals surface area contributed by atoms with E-state index in [1.54, 1.807) is 0 Å². The number of carboxylic acid groups (broad SMARTS) is 1. The summed E-state index contributed by atoms with van der Waals surface area (Å²) in [7, 11) is 0. The molecule has 0 bridgehead atoms. The molecular weight excluding hydrogens is 446 g/mol. The van der Waals surface area contributed by atoms with Gasteiger partial charge < -0.3 is 45.7 Å². The summed E-state index contributed by atoms with van der Waals surface area (Å²) in [5.41, 5.74) is 5.75. The van der Waals surface area contributed by atoms with Crippen molar-refractivity contribution in [1.82, 2.24) is 10.2 Å². The number of carbonyl (C=O) groups is 5. The highest BCUT2D eigenvalue weighted by molar-refractivity contribution is 6.00. The summed E-state index contributed by atoms with van der Waals surface area (Å²) in [5, 5.41) is 40.4. The fraction of sp³-hybridized carbons (Fsp3) is 0.737. The first kappa shape index (κ1) is 28.5. The number of hydrogen-bond donors (Lipinski definition) is 6. The molecule has 33 heavy (non-hydrogen) atoms. The van der Waals surface area contributed by atoms with Gasteiger partial charge in [-0.1, -0.05) is 0 Å². The normalized spacial score (nSPS) is 27.7. The molecular formula is C19H31N3O11. The number of nitrogens with two attached hydrogens (primary N) is 1. The summed E-state index contributed by atoms with van der Waals surface area (Å²) >= 11 is 0. The van der Waals surface area contributed by atoms with E-state index in [2.05, 4.69) is 5.32 Å². The van der Waals surface area contributed by atoms with Crippen molar-refractivity contribution >= 4 is 30.0 Å². The molecule has 1 rings (SSSR count). The van der Waals surface area contributed by atoms with Crippen LogP contribution < -0.4 is 11.1 Å². The summed E-state index contributed by atoms with van der Waals surface area (Å²) in [6.07, 6.45) is -7.29. The molecule has 0 saturated carbocycles. The summed E-state index contributed by atoms with van der Waals surface area (Å²) in [6, 6.07) is -3.87. The van der Waals surface area contributed by atoms with Crippen LogP contribution in [0.4, 0.5) is 0 Å². The van der Waals surface area contributed by atoms with E-state index in [1.807, 2.05) is 0 Å². The van der Waals surface area contributed by atoms with Gasteiger partial charge in [0, 0.05) is 13.3 Å². The van der Waals surface area contributed by atoms with Crippen LogP contribution in [0.2, 0.25) is 0 Å². The van der Waals surface area contributed by atoms with Crippen molar-refractivity contribution in [3.05, 3.63) is 0 Å². The first-order valence-corrected chi connectivity index (χ1v) is 10.2. The minimum atomic E-state index is -1.57. The van der Waals surface area contributed by atoms with Crippen LogP contribution in [-0.2, 0) is 33.4 Å². The van der Waals surface area contributed by atoms with Crippen LogP contribution in [0.25, 0.3) is 0 Å². The Morgan fingerprint density at radius 3 is 2.33 bits per heavy atom. The number of nitrogens with one attached hydrogen (secondary N) is 1. The van der Waals surface area contributed by atoms with Gasteiger partial charge in [-0.3, -0.25) is 24.1 Å². The number of aldehydes is 1. The third-order valence-electron chi connectivity index (χ3n) is 5.10. The molecule has 7 N–H and O–H groups in total. The van der Waals surface area contributed by atoms with Gasteiger partial charge in [-0.2, -0.15) is 0 Å². The van der Waals surface area contributed by atoms with Gasteiger partial charge in [-0.15, -0.1) is 0 Å². The molecule has 1 saturated heterocycles. The van der Waals surface area contributed by atoms with Crippen molar-refractivity contribution < 1.29 is 53.9 Å². The number of imide groups is 1. The van der Waals surface area contributed by atoms with E-state index in [0.29, 0.717) is 4.90 Å². The molecule has 1 aliphatic rings. The zero-order chi connectivity index (χ0) is 25.5. The van der Waals surface area contributed by atoms with E-state index in [4.69, 9.17) is 20.3 Å². The average Bonchev–Trinajstić information content (AvgIpc) is 2.75. The Labute approximate surface area is 189 Å². The van der Waals surface area contributed by atoms with Crippen LogP contribution in [0.5, 0.6) is 0 Å². The van der Waals surface area contributed by atoms with E-state index in [1.165, 1.54) is 13.8 Å². The third kappa shape index (κ3) is 7.52. The van der Waals surface area contributed by atoms with E-state index >= 15 is 0 Å². The van der Waals surface area contributed by atoms with Gasteiger partial charge in [0.25, 0.3) is 5.91 Å². The molecule has 0 spiro atoms. The lowest BCUT2D eigenvalue weighted by Crippen LogP contribution is -2.64. The van der Waals surface area contributed by atoms with Crippen LogP contribution >= 0.6 is 0 Å². The summed E-state index contributed by atoms with van der Waals surface area (Å²) in [6.45, 7) is 2.91. The van der Waals surface area contributed by atoms with Crippen molar-refractivity contribution in [1.29, 1.82) is 0 Å². The van der Waals surface area contributed by atoms with Gasteiger partial charge in [0.1, 0.15) is 36.7 Å². The quantitative estimate of drug-likeness (QED) is 0.159. The first-order valence-electron chi connectivity index (χ1n) is 10.2. The molecule has 0 aromatic carbocycles. The Morgan fingerprint density at radius 2 is 1.85 bits per heavy atom. The molecule has 1 fully saturated rings. The Balaban J connectivity index is 2.85. The second-order valence-corrected chi connectivity index (χ2v) is 7.65. The second-order valence-electron chi connectivity index (χ2n) is 7.65. The molecule has 14 heteroatoms. The van der Waals surface area contributed by atoms with Crippen LogP contribution in [-0.4, -0.2) is 111 Å². The first-order chi connectivity index (χ1) is 15.3. The number of aliphatic hydroxyl groups is 3. The molecule has 14 nitrogen and oxygen atoms in total. The van der Waals surface area contributed by atoms with E-state index in [0.717, 1.165) is 6.92 Å². The molecule has 1 unspecified atom stereocenters. The maximum absolute atomic E-state index is 12.7. The molecule has 0 radical (unpaired) electrons. The smallest absolute Gasteiger partial charge is 0.303 e. The molecule has 3 amide bonds. The number of aliphatic hydroxyl groups excluding tert-OH is 3. The number of ether oxygens (including phenoxy) is 2. The third-order valence-corrected chi connectivity index (χ3v) is 5.10. The summed E-state index contributed by atoms with van der Waals surface area (Å²) in [4.78, 5) is 59.9. The molecule has 188 valence electrons. The Bertz CT molecular complexity index is 734. The van der Waals surface area contributed by atoms with Crippen molar-refractivity contribution in [2.24, 2.45) is 5.73 Å². The van der Waals surface area contributed by atoms with Gasteiger partial charge in [-0.25, -0.2) is 0 Å². The van der Waals surface area contributed by atoms with Crippen molar-refractivity contribution in [2.75, 3.05) is 6.61 Å². The Morgan fingerprint density at radius 1 is 1.24 bits per heavy atom. The highest BCUT2D eigenvalue weighted by Crippen LogP contribution is 2.22. The molecule has 8 atom stereocenters. The number of rotatable bonds is 11. The number of carboxylic acids is 1. The Kier molecular flexibility index (Phi) is 11.0. The van der Waals surface area contributed by atoms with Crippen LogP contribution in [0.15, 0.2) is 0 Å². The monoisotopic (exact) mass is 477 g/mol. The molecule has 1 heterocycles. The zero-order valence-electron chi connectivity index (χ0n) is 18.5. The molecule has 1 aliphatic heterocycles. The standard InChI is InChI=1S/C19H31N3O11/c1-8(18(30)22(10(3)25)11(6-23)4-5-13(26)27)21-17(29)9(2)32-16-14(20)19(31)33-12(7-24)15(16)28/h6,8-9,11-12,14-16,19,24,28,31H,4-5,7,20H2,1-3H3,(H,21,29)(H,26,27)/t8-,9?,11-,12+,14+,15+,16+,19-/m0/s1. The molecule has 0 aromatic rings. The fourth-order valence-electron chi connectivity index (χ4n) is 3.25. The summed E-state index contributed by atoms with van der Waals surface area (Å²) < 4.78 is 10.4. The van der Waals surface area contributed by atoms with Gasteiger partial charge in [-0.05, 0) is 20.3 Å². The Hall–Kier alpha value is -2.49. The number of carbonyl (C=O) groups excluding carboxylic acids is 4. The van der Waals surface area contributed by atoms with E-state index in [9.17, 15) is 39.3 Å². The number of nitrogens with zero attached hydrogens (tertiary/aromatic N) is 1. The highest BCUT2D eigenvalue weighted by Gasteiger charge is 2.45. The minimum absolute atomic E-state index is 0.277. The zero-order valence-corrected chi connectivity index (χ0v) is 18.5. The SMILES string of the molecule is CC(=O)N(C(=O)[C@H](C)NC(=O)C(C)O[C@@H]1[C@@H](N)[C@@H](O)O[C@H](CO)[C@H]1O)[C@H](C=O)CCC(=O)O. The van der Waals surface area contributed by atoms with E-state index in [-0.39, 0.29) is 12.7 Å². The lowest BCUT2D eigenvalue weighted by Gasteiger charge is -2.41. The van der Waals surface area contributed by atoms with Gasteiger partial charge in [0.2, 0.25) is 11.8 Å². The predicted octanol–water partition coefficient (Wildman–Crippen LogP) is -3.53.